The minimum Gasteiger partial charge on any atom is -0.332 e. The molecule has 2 aromatic carbocycles. The molecule has 0 fully saturated rings. The third kappa shape index (κ3) is 4.54. The minimum atomic E-state index is -0.338. The van der Waals surface area contributed by atoms with E-state index in [1.54, 1.807) is 49.8 Å². The Kier molecular flexibility index (Phi) is 5.91. The van der Waals surface area contributed by atoms with Crippen molar-refractivity contribution < 1.29 is 9.59 Å². The van der Waals surface area contributed by atoms with Gasteiger partial charge in [-0.3, -0.25) is 14.6 Å². The smallest absolute Gasteiger partial charge is 0.254 e. The summed E-state index contributed by atoms with van der Waals surface area (Å²) in [6.07, 6.45) is 3.38. The fourth-order valence-electron chi connectivity index (χ4n) is 3.26. The Labute approximate surface area is 184 Å². The van der Waals surface area contributed by atoms with Crippen LogP contribution in [0, 0.1) is 0 Å². The molecule has 0 aliphatic rings. The molecular weight excluding hydrogens is 412 g/mol. The molecule has 0 saturated heterocycles. The van der Waals surface area contributed by atoms with Gasteiger partial charge in [-0.05, 0) is 36.4 Å². The van der Waals surface area contributed by atoms with Crippen LogP contribution in [-0.2, 0) is 4.79 Å². The van der Waals surface area contributed by atoms with Crippen LogP contribution in [0.3, 0.4) is 0 Å². The molecule has 0 spiro atoms. The molecule has 4 rings (SSSR count). The Morgan fingerprint density at radius 1 is 1.03 bits per heavy atom. The van der Waals surface area contributed by atoms with E-state index in [-0.39, 0.29) is 18.4 Å². The summed E-state index contributed by atoms with van der Waals surface area (Å²) in [6.45, 7) is -0.122. The van der Waals surface area contributed by atoms with E-state index in [0.717, 1.165) is 10.9 Å². The standard InChI is InChI=1S/C24H19ClN4O2/c1-29(15-23(30)28-21-11-5-3-9-19(21)25)24(31)18-13-22(16-7-6-12-26-14-16)27-20-10-4-2-8-17(18)20/h2-14H,15H2,1H3,(H,28,30). The van der Waals surface area contributed by atoms with Gasteiger partial charge >= 0.3 is 0 Å². The van der Waals surface area contributed by atoms with Gasteiger partial charge in [0.25, 0.3) is 5.91 Å². The third-order valence-corrected chi connectivity index (χ3v) is 5.11. The number of pyridine rings is 2. The number of halogens is 1. The molecule has 0 aliphatic carbocycles. The number of rotatable bonds is 5. The molecule has 1 N–H and O–H groups in total. The van der Waals surface area contributed by atoms with Gasteiger partial charge in [0.2, 0.25) is 5.91 Å². The van der Waals surface area contributed by atoms with E-state index in [1.807, 2.05) is 36.4 Å². The molecule has 0 saturated carbocycles. The number of anilines is 1. The molecule has 154 valence electrons. The molecule has 31 heavy (non-hydrogen) atoms. The van der Waals surface area contributed by atoms with E-state index in [4.69, 9.17) is 11.6 Å². The maximum absolute atomic E-state index is 13.3. The fourth-order valence-corrected chi connectivity index (χ4v) is 3.44. The van der Waals surface area contributed by atoms with Crippen molar-refractivity contribution in [1.82, 2.24) is 14.9 Å². The van der Waals surface area contributed by atoms with Crippen LogP contribution >= 0.6 is 11.6 Å². The van der Waals surface area contributed by atoms with E-state index >= 15 is 0 Å². The first-order valence-corrected chi connectivity index (χ1v) is 10.0. The van der Waals surface area contributed by atoms with Crippen molar-refractivity contribution in [2.75, 3.05) is 18.9 Å². The Hall–Kier alpha value is -3.77. The number of amides is 2. The molecule has 7 heteroatoms. The predicted molar refractivity (Wildman–Crippen MR) is 122 cm³/mol. The number of nitrogens with zero attached hydrogens (tertiary/aromatic N) is 3. The zero-order chi connectivity index (χ0) is 21.8. The fraction of sp³-hybridized carbons (Fsp3) is 0.0833. The molecule has 0 radical (unpaired) electrons. The zero-order valence-electron chi connectivity index (χ0n) is 16.7. The number of para-hydroxylation sites is 2. The summed E-state index contributed by atoms with van der Waals surface area (Å²) in [5.41, 5.74) is 3.12. The van der Waals surface area contributed by atoms with E-state index in [9.17, 15) is 9.59 Å². The highest BCUT2D eigenvalue weighted by Crippen LogP contribution is 2.25. The summed E-state index contributed by atoms with van der Waals surface area (Å²) in [5.74, 6) is -0.618. The number of aromatic nitrogens is 2. The Balaban J connectivity index is 1.62. The second-order valence-electron chi connectivity index (χ2n) is 7.00. The highest BCUT2D eigenvalue weighted by atomic mass is 35.5. The Bertz CT molecular complexity index is 1260. The maximum Gasteiger partial charge on any atom is 0.254 e. The van der Waals surface area contributed by atoms with Gasteiger partial charge in [-0.2, -0.15) is 0 Å². The summed E-state index contributed by atoms with van der Waals surface area (Å²) >= 11 is 6.10. The zero-order valence-corrected chi connectivity index (χ0v) is 17.5. The van der Waals surface area contributed by atoms with Crippen LogP contribution < -0.4 is 5.32 Å². The van der Waals surface area contributed by atoms with Crippen molar-refractivity contribution in [2.45, 2.75) is 0 Å². The first kappa shape index (κ1) is 20.5. The lowest BCUT2D eigenvalue weighted by Crippen LogP contribution is -2.35. The average molecular weight is 431 g/mol. The number of carbonyl (C=O) groups is 2. The second kappa shape index (κ2) is 8.93. The Morgan fingerprint density at radius 3 is 2.58 bits per heavy atom. The first-order valence-electron chi connectivity index (χ1n) is 9.63. The second-order valence-corrected chi connectivity index (χ2v) is 7.41. The topological polar surface area (TPSA) is 75.2 Å². The lowest BCUT2D eigenvalue weighted by Gasteiger charge is -2.19. The van der Waals surface area contributed by atoms with Gasteiger partial charge in [-0.25, -0.2) is 4.98 Å². The lowest BCUT2D eigenvalue weighted by atomic mass is 10.0. The highest BCUT2D eigenvalue weighted by Gasteiger charge is 2.19. The predicted octanol–water partition coefficient (Wildman–Crippen LogP) is 4.66. The van der Waals surface area contributed by atoms with Gasteiger partial charge < -0.3 is 10.2 Å². The van der Waals surface area contributed by atoms with Crippen LogP contribution in [0.25, 0.3) is 22.2 Å². The van der Waals surface area contributed by atoms with Gasteiger partial charge in [0.05, 0.1) is 34.0 Å². The first-order chi connectivity index (χ1) is 15.0. The van der Waals surface area contributed by atoms with Crippen molar-refractivity contribution in [3.63, 3.8) is 0 Å². The Morgan fingerprint density at radius 2 is 1.81 bits per heavy atom. The van der Waals surface area contributed by atoms with Crippen molar-refractivity contribution >= 4 is 40.0 Å². The molecule has 6 nitrogen and oxygen atoms in total. The largest absolute Gasteiger partial charge is 0.332 e. The van der Waals surface area contributed by atoms with E-state index in [0.29, 0.717) is 27.5 Å². The normalized spacial score (nSPS) is 10.6. The van der Waals surface area contributed by atoms with Gasteiger partial charge in [0.15, 0.2) is 0 Å². The van der Waals surface area contributed by atoms with Crippen molar-refractivity contribution in [3.05, 3.63) is 89.7 Å². The maximum atomic E-state index is 13.3. The number of hydrogen-bond acceptors (Lipinski definition) is 4. The molecule has 2 heterocycles. The van der Waals surface area contributed by atoms with Crippen molar-refractivity contribution in [1.29, 1.82) is 0 Å². The molecule has 0 bridgehead atoms. The summed E-state index contributed by atoms with van der Waals surface area (Å²) < 4.78 is 0. The summed E-state index contributed by atoms with van der Waals surface area (Å²) in [4.78, 5) is 35.9. The van der Waals surface area contributed by atoms with Crippen molar-refractivity contribution in [3.8, 4) is 11.3 Å². The number of fused-ring (bicyclic) bond motifs is 1. The van der Waals surface area contributed by atoms with Gasteiger partial charge in [0.1, 0.15) is 0 Å². The number of benzene rings is 2. The quantitative estimate of drug-likeness (QED) is 0.499. The molecule has 0 unspecified atom stereocenters. The van der Waals surface area contributed by atoms with Gasteiger partial charge in [-0.15, -0.1) is 0 Å². The number of likely N-dealkylation sites (N-methyl/N-ethyl adjacent to an activating group) is 1. The molecular formula is C24H19ClN4O2. The number of hydrogen-bond donors (Lipinski definition) is 1. The van der Waals surface area contributed by atoms with Crippen molar-refractivity contribution in [2.24, 2.45) is 0 Å². The summed E-state index contributed by atoms with van der Waals surface area (Å²) in [7, 11) is 1.59. The van der Waals surface area contributed by atoms with Gasteiger partial charge in [0, 0.05) is 30.4 Å². The van der Waals surface area contributed by atoms with Gasteiger partial charge in [-0.1, -0.05) is 41.9 Å². The van der Waals surface area contributed by atoms with E-state index in [2.05, 4.69) is 15.3 Å². The summed E-state index contributed by atoms with van der Waals surface area (Å²) in [6, 6.07) is 19.8. The van der Waals surface area contributed by atoms with Crippen LogP contribution in [0.5, 0.6) is 0 Å². The van der Waals surface area contributed by atoms with E-state index in [1.165, 1.54) is 4.90 Å². The highest BCUT2D eigenvalue weighted by molar-refractivity contribution is 6.33. The molecule has 0 atom stereocenters. The number of carbonyl (C=O) groups excluding carboxylic acids is 2. The minimum absolute atomic E-state index is 0.122. The molecule has 4 aromatic rings. The van der Waals surface area contributed by atoms with Crippen LogP contribution in [0.2, 0.25) is 5.02 Å². The molecule has 2 amide bonds. The average Bonchev–Trinajstić information content (AvgIpc) is 2.80. The SMILES string of the molecule is CN(CC(=O)Nc1ccccc1Cl)C(=O)c1cc(-c2cccnc2)nc2ccccc12. The van der Waals surface area contributed by atoms with E-state index < -0.39 is 0 Å². The lowest BCUT2D eigenvalue weighted by molar-refractivity contribution is -0.116. The number of nitrogens with one attached hydrogen (secondary N) is 1. The molecule has 2 aromatic heterocycles. The van der Waals surface area contributed by atoms with Crippen LogP contribution in [0.4, 0.5) is 5.69 Å². The van der Waals surface area contributed by atoms with Crippen LogP contribution in [0.15, 0.2) is 79.1 Å². The van der Waals surface area contributed by atoms with Crippen LogP contribution in [0.1, 0.15) is 10.4 Å². The molecule has 0 aliphatic heterocycles. The monoisotopic (exact) mass is 430 g/mol. The van der Waals surface area contributed by atoms with Crippen LogP contribution in [-0.4, -0.2) is 40.3 Å². The third-order valence-electron chi connectivity index (χ3n) is 4.78. The summed E-state index contributed by atoms with van der Waals surface area (Å²) in [5, 5.41) is 3.89.